The molecule has 11 heteroatoms. The molecule has 1 aliphatic rings. The number of nitrogens with zero attached hydrogens (tertiary/aromatic N) is 6. The third kappa shape index (κ3) is 3.89. The van der Waals surface area contributed by atoms with E-state index in [2.05, 4.69) is 48.2 Å². The Bertz CT molecular complexity index is 1080. The molecule has 1 saturated heterocycles. The Morgan fingerprint density at radius 1 is 1.22 bits per heavy atom. The van der Waals surface area contributed by atoms with Gasteiger partial charge in [-0.1, -0.05) is 11.3 Å². The molecule has 2 aromatic heterocycles. The first-order chi connectivity index (χ1) is 12.9. The molecule has 0 saturated carbocycles. The smallest absolute Gasteiger partial charge is 0.224 e. The third-order valence-electron chi connectivity index (χ3n) is 4.54. The van der Waals surface area contributed by atoms with Gasteiger partial charge in [0.05, 0.1) is 11.8 Å². The van der Waals surface area contributed by atoms with E-state index in [0.717, 1.165) is 14.6 Å². The van der Waals surface area contributed by atoms with E-state index in [-0.39, 0.29) is 6.04 Å². The minimum absolute atomic E-state index is 0.131. The number of anilines is 1. The molecule has 1 aliphatic heterocycles. The number of piperidine rings is 1. The number of fused-ring (bicyclic) bond motifs is 1. The summed E-state index contributed by atoms with van der Waals surface area (Å²) in [7, 11) is -3.13. The van der Waals surface area contributed by atoms with Gasteiger partial charge >= 0.3 is 0 Å². The molecule has 0 spiro atoms. The zero-order chi connectivity index (χ0) is 19.0. The van der Waals surface area contributed by atoms with Crippen LogP contribution in [0.5, 0.6) is 0 Å². The van der Waals surface area contributed by atoms with Gasteiger partial charge in [0.25, 0.3) is 0 Å². The first kappa shape index (κ1) is 18.5. The van der Waals surface area contributed by atoms with E-state index < -0.39 is 10.0 Å². The minimum Gasteiger partial charge on any atom is -0.351 e. The van der Waals surface area contributed by atoms with Gasteiger partial charge in [-0.2, -0.15) is 9.67 Å². The molecule has 1 aromatic carbocycles. The van der Waals surface area contributed by atoms with Crippen LogP contribution in [0.4, 0.5) is 5.95 Å². The maximum atomic E-state index is 11.6. The van der Waals surface area contributed by atoms with E-state index in [9.17, 15) is 8.42 Å². The number of halogens is 1. The van der Waals surface area contributed by atoms with Crippen LogP contribution < -0.4 is 5.32 Å². The van der Waals surface area contributed by atoms with Gasteiger partial charge in [0.15, 0.2) is 5.82 Å². The van der Waals surface area contributed by atoms with Gasteiger partial charge in [0.1, 0.15) is 5.52 Å². The maximum Gasteiger partial charge on any atom is 0.224 e. The van der Waals surface area contributed by atoms with Gasteiger partial charge in [-0.3, -0.25) is 0 Å². The summed E-state index contributed by atoms with van der Waals surface area (Å²) in [6, 6.07) is 7.81. The topological polar surface area (TPSA) is 106 Å². The van der Waals surface area contributed by atoms with E-state index in [1.807, 2.05) is 18.2 Å². The minimum atomic E-state index is -3.13. The molecule has 1 N–H and O–H groups in total. The van der Waals surface area contributed by atoms with Crippen LogP contribution >= 0.6 is 22.6 Å². The lowest BCUT2D eigenvalue weighted by molar-refractivity contribution is 0.331. The van der Waals surface area contributed by atoms with Crippen molar-refractivity contribution in [1.29, 1.82) is 0 Å². The van der Waals surface area contributed by atoms with Gasteiger partial charge in [-0.15, -0.1) is 5.10 Å². The molecule has 9 nitrogen and oxygen atoms in total. The van der Waals surface area contributed by atoms with E-state index >= 15 is 0 Å². The highest BCUT2D eigenvalue weighted by Crippen LogP contribution is 2.21. The first-order valence-electron chi connectivity index (χ1n) is 8.47. The summed E-state index contributed by atoms with van der Waals surface area (Å²) in [5.74, 6) is 1.13. The summed E-state index contributed by atoms with van der Waals surface area (Å²) in [6.45, 7) is 1.00. The second kappa shape index (κ2) is 7.28. The van der Waals surface area contributed by atoms with Crippen LogP contribution in [0.2, 0.25) is 0 Å². The number of benzene rings is 1. The highest BCUT2D eigenvalue weighted by atomic mass is 127. The van der Waals surface area contributed by atoms with Crippen molar-refractivity contribution >= 4 is 49.6 Å². The zero-order valence-electron chi connectivity index (χ0n) is 14.6. The third-order valence-corrected chi connectivity index (χ3v) is 6.72. The van der Waals surface area contributed by atoms with E-state index in [0.29, 0.717) is 37.7 Å². The van der Waals surface area contributed by atoms with Crippen molar-refractivity contribution in [3.8, 4) is 5.82 Å². The first-order valence-corrected chi connectivity index (χ1v) is 11.4. The predicted octanol–water partition coefficient (Wildman–Crippen LogP) is 1.65. The van der Waals surface area contributed by atoms with Crippen molar-refractivity contribution in [3.05, 3.63) is 34.0 Å². The number of hydrogen-bond donors (Lipinski definition) is 1. The predicted molar refractivity (Wildman–Crippen MR) is 110 cm³/mol. The van der Waals surface area contributed by atoms with Crippen LogP contribution in [-0.4, -0.2) is 63.1 Å². The van der Waals surface area contributed by atoms with Gasteiger partial charge in [-0.25, -0.2) is 17.7 Å². The molecule has 142 valence electrons. The highest BCUT2D eigenvalue weighted by molar-refractivity contribution is 14.1. The van der Waals surface area contributed by atoms with Crippen molar-refractivity contribution in [2.24, 2.45) is 0 Å². The molecule has 0 radical (unpaired) electrons. The normalized spacial score (nSPS) is 16.7. The van der Waals surface area contributed by atoms with Gasteiger partial charge in [0.2, 0.25) is 16.0 Å². The highest BCUT2D eigenvalue weighted by Gasteiger charge is 2.25. The monoisotopic (exact) mass is 499 g/mol. The Morgan fingerprint density at radius 2 is 2.00 bits per heavy atom. The second-order valence-electron chi connectivity index (χ2n) is 6.43. The molecule has 0 amide bonds. The zero-order valence-corrected chi connectivity index (χ0v) is 17.6. The molecule has 3 heterocycles. The molecule has 3 aromatic rings. The van der Waals surface area contributed by atoms with Crippen molar-refractivity contribution in [2.75, 3.05) is 24.7 Å². The summed E-state index contributed by atoms with van der Waals surface area (Å²) >= 11 is 2.23. The summed E-state index contributed by atoms with van der Waals surface area (Å²) in [6.07, 6.45) is 4.35. The number of rotatable bonds is 4. The molecule has 27 heavy (non-hydrogen) atoms. The Labute approximate surface area is 170 Å². The number of aromatic nitrogens is 5. The van der Waals surface area contributed by atoms with E-state index in [4.69, 9.17) is 0 Å². The van der Waals surface area contributed by atoms with Gasteiger partial charge in [0, 0.05) is 35.0 Å². The lowest BCUT2D eigenvalue weighted by atomic mass is 10.1. The fourth-order valence-electron chi connectivity index (χ4n) is 3.13. The molecule has 4 rings (SSSR count). The lowest BCUT2D eigenvalue weighted by Gasteiger charge is -2.30. The molecular formula is C16H18IN7O2S. The van der Waals surface area contributed by atoms with Crippen LogP contribution in [-0.2, 0) is 10.0 Å². The average Bonchev–Trinajstić information content (AvgIpc) is 3.07. The molecule has 0 bridgehead atoms. The van der Waals surface area contributed by atoms with Crippen LogP contribution in [0.15, 0.2) is 30.5 Å². The molecule has 0 aliphatic carbocycles. The SMILES string of the molecule is CS(=O)(=O)N1CCC(Nc2nccc(-n3nnc4c(I)cccc43)n2)CC1. The Balaban J connectivity index is 1.53. The van der Waals surface area contributed by atoms with E-state index in [1.165, 1.54) is 10.6 Å². The van der Waals surface area contributed by atoms with Gasteiger partial charge in [-0.05, 0) is 47.6 Å². The van der Waals surface area contributed by atoms with Crippen LogP contribution in [0, 0.1) is 3.57 Å². The molecule has 1 fully saturated rings. The number of nitrogens with one attached hydrogen (secondary N) is 1. The van der Waals surface area contributed by atoms with Crippen LogP contribution in [0.25, 0.3) is 16.9 Å². The standard InChI is InChI=1S/C16H18IN7O2S/c1-27(25,26)23-9-6-11(7-10-23)19-16-18-8-5-14(20-16)24-13-4-2-3-12(17)15(13)21-22-24/h2-5,8,11H,6-7,9-10H2,1H3,(H,18,19,20). The fourth-order valence-corrected chi connectivity index (χ4v) is 4.60. The fraction of sp³-hybridized carbons (Fsp3) is 0.375. The van der Waals surface area contributed by atoms with Crippen LogP contribution in [0.3, 0.4) is 0 Å². The van der Waals surface area contributed by atoms with Crippen molar-refractivity contribution < 1.29 is 8.42 Å². The summed E-state index contributed by atoms with van der Waals surface area (Å²) in [5, 5.41) is 11.8. The Kier molecular flexibility index (Phi) is 4.99. The number of hydrogen-bond acceptors (Lipinski definition) is 7. The second-order valence-corrected chi connectivity index (χ2v) is 9.57. The average molecular weight is 499 g/mol. The molecule has 0 atom stereocenters. The molecule has 0 unspecified atom stereocenters. The van der Waals surface area contributed by atoms with Crippen molar-refractivity contribution in [3.63, 3.8) is 0 Å². The Morgan fingerprint density at radius 3 is 2.74 bits per heavy atom. The summed E-state index contributed by atoms with van der Waals surface area (Å²) in [4.78, 5) is 8.85. The Hall–Kier alpha value is -1.86. The maximum absolute atomic E-state index is 11.6. The number of sulfonamides is 1. The summed E-state index contributed by atoms with van der Waals surface area (Å²) in [5.41, 5.74) is 1.72. The quantitative estimate of drug-likeness (QED) is 0.545. The van der Waals surface area contributed by atoms with Crippen LogP contribution in [0.1, 0.15) is 12.8 Å². The largest absolute Gasteiger partial charge is 0.351 e. The summed E-state index contributed by atoms with van der Waals surface area (Å²) < 4.78 is 27.5. The molecular weight excluding hydrogens is 481 g/mol. The van der Waals surface area contributed by atoms with Crippen molar-refractivity contribution in [1.82, 2.24) is 29.3 Å². The van der Waals surface area contributed by atoms with Crippen molar-refractivity contribution in [2.45, 2.75) is 18.9 Å². The lowest BCUT2D eigenvalue weighted by Crippen LogP contribution is -2.42. The van der Waals surface area contributed by atoms with E-state index in [1.54, 1.807) is 16.9 Å². The van der Waals surface area contributed by atoms with Gasteiger partial charge < -0.3 is 5.32 Å².